The molecule has 0 aliphatic rings. The number of pyridine rings is 2. The highest BCUT2D eigenvalue weighted by atomic mass is 35.5. The number of hydrogen-bond donors (Lipinski definition) is 0. The summed E-state index contributed by atoms with van der Waals surface area (Å²) in [6.45, 7) is 5.97. The third-order valence-electron chi connectivity index (χ3n) is 3.44. The first-order chi connectivity index (χ1) is 11.7. The Kier molecular flexibility index (Phi) is 6.83. The average Bonchev–Trinajstić information content (AvgIpc) is 2.64. The summed E-state index contributed by atoms with van der Waals surface area (Å²) in [5, 5.41) is 0.632. The molecule has 0 bridgehead atoms. The predicted octanol–water partition coefficient (Wildman–Crippen LogP) is 6.52. The minimum Gasteiger partial charge on any atom is -0.261 e. The van der Waals surface area contributed by atoms with E-state index >= 15 is 0 Å². The average molecular weight is 357 g/mol. The van der Waals surface area contributed by atoms with Gasteiger partial charge in [0.05, 0.1) is 10.7 Å². The molecule has 0 N–H and O–H groups in total. The normalized spacial score (nSPS) is 10.0. The summed E-state index contributed by atoms with van der Waals surface area (Å²) in [5.74, 6) is 0. The largest absolute Gasteiger partial charge is 0.261 e. The molecule has 0 fully saturated rings. The van der Waals surface area contributed by atoms with Gasteiger partial charge in [-0.2, -0.15) is 0 Å². The van der Waals surface area contributed by atoms with Crippen LogP contribution in [0.15, 0.2) is 59.8 Å². The zero-order valence-corrected chi connectivity index (χ0v) is 15.9. The van der Waals surface area contributed by atoms with E-state index in [2.05, 4.69) is 40.5 Å². The van der Waals surface area contributed by atoms with Crippen LogP contribution in [0.25, 0.3) is 22.4 Å². The second kappa shape index (κ2) is 8.86. The Hall–Kier alpha value is -1.84. The van der Waals surface area contributed by atoms with Crippen molar-refractivity contribution in [3.63, 3.8) is 0 Å². The number of benzene rings is 1. The van der Waals surface area contributed by atoms with Crippen molar-refractivity contribution in [2.24, 2.45) is 0 Å². The van der Waals surface area contributed by atoms with Gasteiger partial charge in [0.1, 0.15) is 0 Å². The van der Waals surface area contributed by atoms with Gasteiger partial charge < -0.3 is 0 Å². The Morgan fingerprint density at radius 3 is 2.12 bits per heavy atom. The van der Waals surface area contributed by atoms with E-state index in [1.807, 2.05) is 45.2 Å². The van der Waals surface area contributed by atoms with E-state index in [1.165, 1.54) is 4.90 Å². The SMILES string of the molecule is CC.CSc1ccc(-c2cc(Cl)cnc2-c2ccc(C)nc2)cc1. The molecule has 0 amide bonds. The molecule has 3 aromatic rings. The summed E-state index contributed by atoms with van der Waals surface area (Å²) < 4.78 is 0. The van der Waals surface area contributed by atoms with Crippen LogP contribution in [0.2, 0.25) is 5.02 Å². The number of rotatable bonds is 3. The summed E-state index contributed by atoms with van der Waals surface area (Å²) in [6, 6.07) is 14.4. The molecule has 0 saturated carbocycles. The van der Waals surface area contributed by atoms with E-state index < -0.39 is 0 Å². The van der Waals surface area contributed by atoms with Gasteiger partial charge in [0, 0.05) is 34.1 Å². The summed E-state index contributed by atoms with van der Waals surface area (Å²) >= 11 is 7.88. The molecule has 1 aromatic carbocycles. The first-order valence-electron chi connectivity index (χ1n) is 7.90. The summed E-state index contributed by atoms with van der Waals surface area (Å²) in [6.07, 6.45) is 5.60. The van der Waals surface area contributed by atoms with Crippen LogP contribution in [0, 0.1) is 6.92 Å². The van der Waals surface area contributed by atoms with Crippen LogP contribution in [-0.4, -0.2) is 16.2 Å². The summed E-state index contributed by atoms with van der Waals surface area (Å²) in [7, 11) is 0. The van der Waals surface area contributed by atoms with Crippen LogP contribution in [0.4, 0.5) is 0 Å². The van der Waals surface area contributed by atoms with Crippen molar-refractivity contribution < 1.29 is 0 Å². The van der Waals surface area contributed by atoms with Crippen molar-refractivity contribution in [3.8, 4) is 22.4 Å². The van der Waals surface area contributed by atoms with Gasteiger partial charge in [0.25, 0.3) is 0 Å². The van der Waals surface area contributed by atoms with Crippen molar-refractivity contribution in [2.75, 3.05) is 6.26 Å². The lowest BCUT2D eigenvalue weighted by molar-refractivity contribution is 1.19. The molecule has 2 heterocycles. The van der Waals surface area contributed by atoms with Gasteiger partial charge in [-0.3, -0.25) is 9.97 Å². The molecule has 124 valence electrons. The van der Waals surface area contributed by atoms with Gasteiger partial charge in [0.2, 0.25) is 0 Å². The lowest BCUT2D eigenvalue weighted by Gasteiger charge is -2.10. The Bertz CT molecular complexity index is 784. The number of aromatic nitrogens is 2. The van der Waals surface area contributed by atoms with Crippen LogP contribution in [0.1, 0.15) is 19.5 Å². The molecule has 0 radical (unpaired) electrons. The van der Waals surface area contributed by atoms with Gasteiger partial charge in [-0.25, -0.2) is 0 Å². The highest BCUT2D eigenvalue weighted by molar-refractivity contribution is 7.98. The Morgan fingerprint density at radius 2 is 1.54 bits per heavy atom. The predicted molar refractivity (Wildman–Crippen MR) is 106 cm³/mol. The van der Waals surface area contributed by atoms with E-state index in [9.17, 15) is 0 Å². The van der Waals surface area contributed by atoms with E-state index in [0.29, 0.717) is 5.02 Å². The van der Waals surface area contributed by atoms with Crippen LogP contribution >= 0.6 is 23.4 Å². The zero-order valence-electron chi connectivity index (χ0n) is 14.4. The highest BCUT2D eigenvalue weighted by Gasteiger charge is 2.10. The molecule has 24 heavy (non-hydrogen) atoms. The maximum Gasteiger partial charge on any atom is 0.0796 e. The molecule has 0 saturated heterocycles. The molecule has 4 heteroatoms. The number of halogens is 1. The number of hydrogen-bond acceptors (Lipinski definition) is 3. The molecule has 3 rings (SSSR count). The third kappa shape index (κ3) is 4.37. The number of aryl methyl sites for hydroxylation is 1. The smallest absolute Gasteiger partial charge is 0.0796 e. The standard InChI is InChI=1S/C18H15ClN2S.C2H6/c1-12-3-4-14(10-20-12)18-17(9-15(19)11-21-18)13-5-7-16(22-2)8-6-13;1-2/h3-11H,1-2H3;1-2H3. The zero-order chi connectivity index (χ0) is 17.5. The second-order valence-electron chi connectivity index (χ2n) is 4.97. The van der Waals surface area contributed by atoms with Gasteiger partial charge in [-0.1, -0.05) is 37.6 Å². The van der Waals surface area contributed by atoms with Crippen molar-refractivity contribution >= 4 is 23.4 Å². The first-order valence-corrected chi connectivity index (χ1v) is 9.50. The van der Waals surface area contributed by atoms with Crippen LogP contribution in [-0.2, 0) is 0 Å². The van der Waals surface area contributed by atoms with Crippen molar-refractivity contribution in [3.05, 3.63) is 65.6 Å². The summed E-state index contributed by atoms with van der Waals surface area (Å²) in [5.41, 5.74) is 5.00. The molecule has 2 aromatic heterocycles. The molecule has 0 aliphatic heterocycles. The van der Waals surface area contributed by atoms with Gasteiger partial charge in [0.15, 0.2) is 0 Å². The van der Waals surface area contributed by atoms with E-state index in [-0.39, 0.29) is 0 Å². The van der Waals surface area contributed by atoms with Crippen LogP contribution in [0.3, 0.4) is 0 Å². The van der Waals surface area contributed by atoms with E-state index in [0.717, 1.165) is 28.1 Å². The fourth-order valence-corrected chi connectivity index (χ4v) is 2.83. The topological polar surface area (TPSA) is 25.8 Å². The fourth-order valence-electron chi connectivity index (χ4n) is 2.27. The number of nitrogens with zero attached hydrogens (tertiary/aromatic N) is 2. The monoisotopic (exact) mass is 356 g/mol. The molecule has 2 nitrogen and oxygen atoms in total. The molecular weight excluding hydrogens is 336 g/mol. The molecular formula is C20H21ClN2S. The van der Waals surface area contributed by atoms with Gasteiger partial charge in [-0.05, 0) is 49.1 Å². The van der Waals surface area contributed by atoms with E-state index in [4.69, 9.17) is 11.6 Å². The minimum absolute atomic E-state index is 0.632. The summed E-state index contributed by atoms with van der Waals surface area (Å²) in [4.78, 5) is 10.1. The maximum atomic E-state index is 6.16. The molecule has 0 unspecified atom stereocenters. The third-order valence-corrected chi connectivity index (χ3v) is 4.39. The fraction of sp³-hybridized carbons (Fsp3) is 0.200. The molecule has 0 atom stereocenters. The minimum atomic E-state index is 0.632. The molecule has 0 aliphatic carbocycles. The first kappa shape index (κ1) is 18.5. The Labute approximate surface area is 153 Å². The second-order valence-corrected chi connectivity index (χ2v) is 6.28. The Morgan fingerprint density at radius 1 is 0.875 bits per heavy atom. The van der Waals surface area contributed by atoms with Gasteiger partial charge in [-0.15, -0.1) is 11.8 Å². The van der Waals surface area contributed by atoms with Gasteiger partial charge >= 0.3 is 0 Å². The highest BCUT2D eigenvalue weighted by Crippen LogP contribution is 2.33. The lowest BCUT2D eigenvalue weighted by atomic mass is 10.0. The van der Waals surface area contributed by atoms with Crippen molar-refractivity contribution in [1.29, 1.82) is 0 Å². The van der Waals surface area contributed by atoms with Crippen LogP contribution < -0.4 is 0 Å². The van der Waals surface area contributed by atoms with Crippen LogP contribution in [0.5, 0.6) is 0 Å². The molecule has 0 spiro atoms. The quantitative estimate of drug-likeness (QED) is 0.499. The Balaban J connectivity index is 0.00000100. The van der Waals surface area contributed by atoms with E-state index in [1.54, 1.807) is 18.0 Å². The lowest BCUT2D eigenvalue weighted by Crippen LogP contribution is -1.91. The number of thioether (sulfide) groups is 1. The van der Waals surface area contributed by atoms with Crippen molar-refractivity contribution in [2.45, 2.75) is 25.7 Å². The van der Waals surface area contributed by atoms with Crippen molar-refractivity contribution in [1.82, 2.24) is 9.97 Å². The maximum absolute atomic E-state index is 6.16.